The SMILES string of the molecule is CS(=O)(=O)N1C[C@]2(CO[C@H](C(=O)NCCc3cccnc3)C2)c2ccccc21. The summed E-state index contributed by atoms with van der Waals surface area (Å²) in [5.41, 5.74) is 2.20. The third kappa shape index (κ3) is 3.49. The summed E-state index contributed by atoms with van der Waals surface area (Å²) < 4.78 is 31.7. The highest BCUT2D eigenvalue weighted by Crippen LogP contribution is 2.48. The minimum absolute atomic E-state index is 0.156. The van der Waals surface area contributed by atoms with Gasteiger partial charge in [0.25, 0.3) is 0 Å². The lowest BCUT2D eigenvalue weighted by molar-refractivity contribution is -0.129. The Balaban J connectivity index is 1.44. The molecule has 0 radical (unpaired) electrons. The van der Waals surface area contributed by atoms with Gasteiger partial charge in [-0.25, -0.2) is 8.42 Å². The third-order valence-electron chi connectivity index (χ3n) is 5.46. The molecule has 4 rings (SSSR count). The Labute approximate surface area is 164 Å². The summed E-state index contributed by atoms with van der Waals surface area (Å²) in [5.74, 6) is -0.156. The summed E-state index contributed by atoms with van der Waals surface area (Å²) in [7, 11) is -3.39. The zero-order valence-corrected chi connectivity index (χ0v) is 16.5. The second kappa shape index (κ2) is 7.18. The van der Waals surface area contributed by atoms with Crippen molar-refractivity contribution >= 4 is 21.6 Å². The number of carbonyl (C=O) groups excluding carboxylic acids is 1. The molecule has 2 atom stereocenters. The van der Waals surface area contributed by atoms with E-state index in [1.165, 1.54) is 10.6 Å². The molecule has 1 spiro atoms. The van der Waals surface area contributed by atoms with E-state index in [1.54, 1.807) is 12.4 Å². The number of benzene rings is 1. The molecule has 2 aromatic rings. The number of nitrogens with zero attached hydrogens (tertiary/aromatic N) is 2. The summed E-state index contributed by atoms with van der Waals surface area (Å²) in [6.07, 6.45) is 5.29. The van der Waals surface area contributed by atoms with E-state index in [9.17, 15) is 13.2 Å². The zero-order chi connectivity index (χ0) is 19.8. The van der Waals surface area contributed by atoms with Gasteiger partial charge in [-0.1, -0.05) is 24.3 Å². The van der Waals surface area contributed by atoms with Crippen molar-refractivity contribution in [1.82, 2.24) is 10.3 Å². The lowest BCUT2D eigenvalue weighted by atomic mass is 9.80. The van der Waals surface area contributed by atoms with Gasteiger partial charge in [-0.05, 0) is 36.1 Å². The molecule has 8 heteroatoms. The Hall–Kier alpha value is -2.45. The van der Waals surface area contributed by atoms with Crippen LogP contribution in [-0.2, 0) is 31.4 Å². The second-order valence-corrected chi connectivity index (χ2v) is 9.38. The van der Waals surface area contributed by atoms with Gasteiger partial charge in [-0.15, -0.1) is 0 Å². The standard InChI is InChI=1S/C20H23N3O4S/c1-28(25,26)23-13-20(16-6-2-3-7-17(16)23)11-18(27-14-20)19(24)22-10-8-15-5-4-9-21-12-15/h2-7,9,12,18H,8,10-11,13-14H2,1H3,(H,22,24)/t18-,20+/m0/s1. The molecule has 0 bridgehead atoms. The molecule has 0 saturated carbocycles. The zero-order valence-electron chi connectivity index (χ0n) is 15.7. The van der Waals surface area contributed by atoms with Gasteiger partial charge in [0.2, 0.25) is 15.9 Å². The molecule has 2 aliphatic heterocycles. The molecule has 7 nitrogen and oxygen atoms in total. The number of amides is 1. The molecule has 1 N–H and O–H groups in total. The minimum atomic E-state index is -3.39. The van der Waals surface area contributed by atoms with Crippen LogP contribution < -0.4 is 9.62 Å². The lowest BCUT2D eigenvalue weighted by Gasteiger charge is -2.23. The van der Waals surface area contributed by atoms with Gasteiger partial charge in [-0.3, -0.25) is 14.1 Å². The van der Waals surface area contributed by atoms with Crippen molar-refractivity contribution in [2.45, 2.75) is 24.4 Å². The Morgan fingerprint density at radius 2 is 2.14 bits per heavy atom. The molecule has 1 amide bonds. The first-order valence-corrected chi connectivity index (χ1v) is 11.1. The highest BCUT2D eigenvalue weighted by molar-refractivity contribution is 7.92. The Morgan fingerprint density at radius 3 is 2.89 bits per heavy atom. The topological polar surface area (TPSA) is 88.6 Å². The van der Waals surface area contributed by atoms with Crippen molar-refractivity contribution in [3.05, 3.63) is 59.9 Å². The quantitative estimate of drug-likeness (QED) is 0.815. The van der Waals surface area contributed by atoms with E-state index in [-0.39, 0.29) is 5.91 Å². The van der Waals surface area contributed by atoms with E-state index in [0.717, 1.165) is 11.1 Å². The Kier molecular flexibility index (Phi) is 4.84. The first kappa shape index (κ1) is 18.9. The first-order valence-electron chi connectivity index (χ1n) is 9.24. The van der Waals surface area contributed by atoms with Crippen LogP contribution in [0, 0.1) is 0 Å². The molecule has 2 aliphatic rings. The molecule has 28 heavy (non-hydrogen) atoms. The Morgan fingerprint density at radius 1 is 1.32 bits per heavy atom. The molecule has 1 saturated heterocycles. The van der Waals surface area contributed by atoms with E-state index in [0.29, 0.717) is 38.2 Å². The summed E-state index contributed by atoms with van der Waals surface area (Å²) in [4.78, 5) is 16.6. The van der Waals surface area contributed by atoms with Crippen LogP contribution in [0.5, 0.6) is 0 Å². The van der Waals surface area contributed by atoms with Crippen molar-refractivity contribution in [3.63, 3.8) is 0 Å². The molecular weight excluding hydrogens is 378 g/mol. The normalized spacial score (nSPS) is 23.8. The number of pyridine rings is 1. The highest BCUT2D eigenvalue weighted by atomic mass is 32.2. The van der Waals surface area contributed by atoms with Crippen LogP contribution in [-0.4, -0.2) is 51.4 Å². The number of sulfonamides is 1. The molecule has 3 heterocycles. The van der Waals surface area contributed by atoms with Gasteiger partial charge in [0.15, 0.2) is 0 Å². The number of rotatable bonds is 5. The number of hydrogen-bond acceptors (Lipinski definition) is 5. The number of fused-ring (bicyclic) bond motifs is 2. The molecule has 148 valence electrons. The van der Waals surface area contributed by atoms with E-state index < -0.39 is 21.5 Å². The number of nitrogens with one attached hydrogen (secondary N) is 1. The number of carbonyl (C=O) groups is 1. The fourth-order valence-electron chi connectivity index (χ4n) is 4.07. The number of anilines is 1. The van der Waals surface area contributed by atoms with Crippen molar-refractivity contribution < 1.29 is 17.9 Å². The molecular formula is C20H23N3O4S. The van der Waals surface area contributed by atoms with Gasteiger partial charge < -0.3 is 10.1 Å². The van der Waals surface area contributed by atoms with Gasteiger partial charge in [-0.2, -0.15) is 0 Å². The first-order chi connectivity index (χ1) is 13.4. The highest BCUT2D eigenvalue weighted by Gasteiger charge is 2.52. The molecule has 0 aliphatic carbocycles. The van der Waals surface area contributed by atoms with Crippen molar-refractivity contribution in [2.24, 2.45) is 0 Å². The fraction of sp³-hybridized carbons (Fsp3) is 0.400. The van der Waals surface area contributed by atoms with Crippen LogP contribution in [0.15, 0.2) is 48.8 Å². The minimum Gasteiger partial charge on any atom is -0.367 e. The van der Waals surface area contributed by atoms with Crippen LogP contribution >= 0.6 is 0 Å². The largest absolute Gasteiger partial charge is 0.367 e. The van der Waals surface area contributed by atoms with Crippen LogP contribution in [0.25, 0.3) is 0 Å². The fourth-order valence-corrected chi connectivity index (χ4v) is 5.07. The second-order valence-electron chi connectivity index (χ2n) is 7.47. The molecule has 1 fully saturated rings. The maximum atomic E-state index is 12.6. The lowest BCUT2D eigenvalue weighted by Crippen LogP contribution is -2.39. The van der Waals surface area contributed by atoms with Crippen LogP contribution in [0.3, 0.4) is 0 Å². The van der Waals surface area contributed by atoms with Crippen molar-refractivity contribution in [3.8, 4) is 0 Å². The Bertz CT molecular complexity index is 980. The van der Waals surface area contributed by atoms with Crippen LogP contribution in [0.4, 0.5) is 5.69 Å². The number of para-hydroxylation sites is 1. The van der Waals surface area contributed by atoms with E-state index in [1.807, 2.05) is 36.4 Å². The number of aromatic nitrogens is 1. The predicted octanol–water partition coefficient (Wildman–Crippen LogP) is 1.25. The van der Waals surface area contributed by atoms with Gasteiger partial charge >= 0.3 is 0 Å². The summed E-state index contributed by atoms with van der Waals surface area (Å²) in [6.45, 7) is 1.14. The van der Waals surface area contributed by atoms with E-state index in [4.69, 9.17) is 4.74 Å². The molecule has 1 aromatic heterocycles. The molecule has 0 unspecified atom stereocenters. The number of ether oxygens (including phenoxy) is 1. The van der Waals surface area contributed by atoms with Crippen molar-refractivity contribution in [2.75, 3.05) is 30.3 Å². The van der Waals surface area contributed by atoms with Crippen molar-refractivity contribution in [1.29, 1.82) is 0 Å². The van der Waals surface area contributed by atoms with Crippen LogP contribution in [0.1, 0.15) is 17.5 Å². The smallest absolute Gasteiger partial charge is 0.249 e. The van der Waals surface area contributed by atoms with Crippen LogP contribution in [0.2, 0.25) is 0 Å². The summed E-state index contributed by atoms with van der Waals surface area (Å²) in [5, 5.41) is 2.92. The predicted molar refractivity (Wildman–Crippen MR) is 106 cm³/mol. The van der Waals surface area contributed by atoms with E-state index in [2.05, 4.69) is 10.3 Å². The number of hydrogen-bond donors (Lipinski definition) is 1. The summed E-state index contributed by atoms with van der Waals surface area (Å²) >= 11 is 0. The van der Waals surface area contributed by atoms with Gasteiger partial charge in [0.05, 0.1) is 18.6 Å². The average molecular weight is 401 g/mol. The maximum absolute atomic E-state index is 12.6. The molecule has 1 aromatic carbocycles. The monoisotopic (exact) mass is 401 g/mol. The third-order valence-corrected chi connectivity index (χ3v) is 6.58. The average Bonchev–Trinajstić information content (AvgIpc) is 3.26. The summed E-state index contributed by atoms with van der Waals surface area (Å²) in [6, 6.07) is 11.3. The van der Waals surface area contributed by atoms with Gasteiger partial charge in [0.1, 0.15) is 6.10 Å². The van der Waals surface area contributed by atoms with Gasteiger partial charge in [0, 0.05) is 30.9 Å². The maximum Gasteiger partial charge on any atom is 0.249 e. The van der Waals surface area contributed by atoms with E-state index >= 15 is 0 Å².